The molecular formula is C7H13F2N. The van der Waals surface area contributed by atoms with E-state index < -0.39 is 5.92 Å². The average Bonchev–Trinajstić information content (AvgIpc) is 1.90. The first-order chi connectivity index (χ1) is 4.60. The molecule has 10 heavy (non-hydrogen) atoms. The van der Waals surface area contributed by atoms with Crippen LogP contribution in [0.4, 0.5) is 8.78 Å². The van der Waals surface area contributed by atoms with Crippen LogP contribution in [0.25, 0.3) is 0 Å². The second kappa shape index (κ2) is 2.82. The normalized spacial score (nSPS) is 33.3. The highest BCUT2D eigenvalue weighted by Gasteiger charge is 2.32. The Balaban J connectivity index is 2.46. The minimum Gasteiger partial charge on any atom is -0.327 e. The van der Waals surface area contributed by atoms with Crippen molar-refractivity contribution in [2.75, 3.05) is 0 Å². The van der Waals surface area contributed by atoms with Gasteiger partial charge < -0.3 is 5.73 Å². The Kier molecular flexibility index (Phi) is 2.24. The first-order valence-corrected chi connectivity index (χ1v) is 3.73. The monoisotopic (exact) mass is 149 g/mol. The Labute approximate surface area is 59.6 Å². The van der Waals surface area contributed by atoms with Crippen LogP contribution in [0, 0.1) is 0 Å². The smallest absolute Gasteiger partial charge is 0.249 e. The molecule has 1 rings (SSSR count). The van der Waals surface area contributed by atoms with Gasteiger partial charge in [-0.3, -0.25) is 0 Å². The summed E-state index contributed by atoms with van der Waals surface area (Å²) < 4.78 is 25.3. The standard InChI is InChI=1S/C7H13F2N/c8-7(9)4-2-1-3-6(10)5-7/h6H,1-5,10H2. The van der Waals surface area contributed by atoms with E-state index in [2.05, 4.69) is 0 Å². The zero-order chi connectivity index (χ0) is 7.61. The van der Waals surface area contributed by atoms with Crippen molar-refractivity contribution in [2.45, 2.75) is 44.1 Å². The fourth-order valence-corrected chi connectivity index (χ4v) is 1.38. The summed E-state index contributed by atoms with van der Waals surface area (Å²) in [6, 6.07) is -0.280. The molecule has 0 saturated heterocycles. The Bertz CT molecular complexity index is 114. The second-order valence-electron chi connectivity index (χ2n) is 3.07. The van der Waals surface area contributed by atoms with Crippen LogP contribution >= 0.6 is 0 Å². The summed E-state index contributed by atoms with van der Waals surface area (Å²) in [5.41, 5.74) is 5.43. The average molecular weight is 149 g/mol. The van der Waals surface area contributed by atoms with Gasteiger partial charge in [0.05, 0.1) is 0 Å². The van der Waals surface area contributed by atoms with Gasteiger partial charge in [0.15, 0.2) is 0 Å². The van der Waals surface area contributed by atoms with Crippen molar-refractivity contribution in [3.8, 4) is 0 Å². The molecule has 0 amide bonds. The zero-order valence-electron chi connectivity index (χ0n) is 5.95. The van der Waals surface area contributed by atoms with Crippen LogP contribution in [-0.4, -0.2) is 12.0 Å². The molecule has 0 bridgehead atoms. The Morgan fingerprint density at radius 3 is 2.70 bits per heavy atom. The number of hydrogen-bond acceptors (Lipinski definition) is 1. The van der Waals surface area contributed by atoms with Gasteiger partial charge in [-0.15, -0.1) is 0 Å². The van der Waals surface area contributed by atoms with Crippen LogP contribution in [0.3, 0.4) is 0 Å². The molecule has 0 heterocycles. The molecule has 0 radical (unpaired) electrons. The van der Waals surface area contributed by atoms with Crippen molar-refractivity contribution in [1.82, 2.24) is 0 Å². The molecule has 60 valence electrons. The van der Waals surface area contributed by atoms with Crippen molar-refractivity contribution in [2.24, 2.45) is 5.73 Å². The van der Waals surface area contributed by atoms with E-state index in [1.165, 1.54) is 0 Å². The first kappa shape index (κ1) is 7.92. The molecule has 0 spiro atoms. The van der Waals surface area contributed by atoms with Gasteiger partial charge in [-0.05, 0) is 12.8 Å². The SMILES string of the molecule is NC1CCCCC(F)(F)C1. The Morgan fingerprint density at radius 2 is 2.00 bits per heavy atom. The number of halogens is 2. The van der Waals surface area contributed by atoms with Crippen LogP contribution in [0.5, 0.6) is 0 Å². The fraction of sp³-hybridized carbons (Fsp3) is 1.00. The van der Waals surface area contributed by atoms with Gasteiger partial charge in [0.25, 0.3) is 0 Å². The van der Waals surface area contributed by atoms with Gasteiger partial charge in [0.1, 0.15) is 0 Å². The van der Waals surface area contributed by atoms with E-state index in [0.29, 0.717) is 6.42 Å². The minimum absolute atomic E-state index is 0.0285. The van der Waals surface area contributed by atoms with Crippen LogP contribution in [0.2, 0.25) is 0 Å². The lowest BCUT2D eigenvalue weighted by molar-refractivity contribution is -0.0172. The third kappa shape index (κ3) is 2.21. The maximum absolute atomic E-state index is 12.6. The highest BCUT2D eigenvalue weighted by Crippen LogP contribution is 2.30. The van der Waals surface area contributed by atoms with Gasteiger partial charge in [-0.25, -0.2) is 8.78 Å². The molecule has 0 aromatic rings. The first-order valence-electron chi connectivity index (χ1n) is 3.73. The molecule has 0 aliphatic heterocycles. The molecule has 1 atom stereocenters. The zero-order valence-corrected chi connectivity index (χ0v) is 5.95. The molecular weight excluding hydrogens is 136 g/mol. The highest BCUT2D eigenvalue weighted by atomic mass is 19.3. The number of rotatable bonds is 0. The van der Waals surface area contributed by atoms with Gasteiger partial charge in [0, 0.05) is 18.9 Å². The van der Waals surface area contributed by atoms with E-state index in [-0.39, 0.29) is 18.9 Å². The van der Waals surface area contributed by atoms with Gasteiger partial charge in [-0.2, -0.15) is 0 Å². The van der Waals surface area contributed by atoms with E-state index >= 15 is 0 Å². The van der Waals surface area contributed by atoms with Gasteiger partial charge >= 0.3 is 0 Å². The summed E-state index contributed by atoms with van der Waals surface area (Å²) in [5.74, 6) is -2.49. The van der Waals surface area contributed by atoms with E-state index in [0.717, 1.165) is 12.8 Å². The number of hydrogen-bond donors (Lipinski definition) is 1. The molecule has 1 aliphatic carbocycles. The van der Waals surface area contributed by atoms with E-state index in [9.17, 15) is 8.78 Å². The van der Waals surface area contributed by atoms with Crippen molar-refractivity contribution in [3.63, 3.8) is 0 Å². The summed E-state index contributed by atoms with van der Waals surface area (Å²) in [6.07, 6.45) is 2.15. The summed E-state index contributed by atoms with van der Waals surface area (Å²) in [7, 11) is 0. The lowest BCUT2D eigenvalue weighted by atomic mass is 10.1. The van der Waals surface area contributed by atoms with Gasteiger partial charge in [-0.1, -0.05) is 6.42 Å². The number of nitrogens with two attached hydrogens (primary N) is 1. The maximum atomic E-state index is 12.6. The van der Waals surface area contributed by atoms with E-state index in [4.69, 9.17) is 5.73 Å². The second-order valence-corrected chi connectivity index (χ2v) is 3.07. The predicted octanol–water partition coefficient (Wildman–Crippen LogP) is 1.91. The largest absolute Gasteiger partial charge is 0.327 e. The highest BCUT2D eigenvalue weighted by molar-refractivity contribution is 4.77. The predicted molar refractivity (Wildman–Crippen MR) is 36.0 cm³/mol. The molecule has 0 aromatic carbocycles. The van der Waals surface area contributed by atoms with E-state index in [1.54, 1.807) is 0 Å². The molecule has 1 fully saturated rings. The van der Waals surface area contributed by atoms with E-state index in [1.807, 2.05) is 0 Å². The molecule has 0 aromatic heterocycles. The van der Waals surface area contributed by atoms with Gasteiger partial charge in [0.2, 0.25) is 5.92 Å². The quantitative estimate of drug-likeness (QED) is 0.523. The molecule has 2 N–H and O–H groups in total. The summed E-state index contributed by atoms with van der Waals surface area (Å²) in [4.78, 5) is 0. The van der Waals surface area contributed by atoms with Crippen molar-refractivity contribution in [3.05, 3.63) is 0 Å². The molecule has 3 heteroatoms. The Hall–Kier alpha value is -0.180. The lowest BCUT2D eigenvalue weighted by Crippen LogP contribution is -2.27. The van der Waals surface area contributed by atoms with Crippen molar-refractivity contribution >= 4 is 0 Å². The van der Waals surface area contributed by atoms with Crippen LogP contribution in [-0.2, 0) is 0 Å². The van der Waals surface area contributed by atoms with Crippen LogP contribution < -0.4 is 5.73 Å². The summed E-state index contributed by atoms with van der Waals surface area (Å²) in [6.45, 7) is 0. The van der Waals surface area contributed by atoms with Crippen molar-refractivity contribution in [1.29, 1.82) is 0 Å². The topological polar surface area (TPSA) is 26.0 Å². The number of alkyl halides is 2. The van der Waals surface area contributed by atoms with Crippen molar-refractivity contribution < 1.29 is 8.78 Å². The molecule has 1 unspecified atom stereocenters. The molecule has 1 aliphatic rings. The van der Waals surface area contributed by atoms with Crippen LogP contribution in [0.15, 0.2) is 0 Å². The third-order valence-corrected chi connectivity index (χ3v) is 1.93. The molecule has 1 nitrogen and oxygen atoms in total. The van der Waals surface area contributed by atoms with Crippen LogP contribution in [0.1, 0.15) is 32.1 Å². The molecule has 1 saturated carbocycles. The fourth-order valence-electron chi connectivity index (χ4n) is 1.38. The third-order valence-electron chi connectivity index (χ3n) is 1.93. The Morgan fingerprint density at radius 1 is 1.30 bits per heavy atom. The maximum Gasteiger partial charge on any atom is 0.249 e. The summed E-state index contributed by atoms with van der Waals surface area (Å²) in [5, 5.41) is 0. The summed E-state index contributed by atoms with van der Waals surface area (Å²) >= 11 is 0. The minimum atomic E-state index is -2.49. The lowest BCUT2D eigenvalue weighted by Gasteiger charge is -2.15.